The molecule has 4 heteroatoms. The van der Waals surface area contributed by atoms with Crippen LogP contribution in [0.5, 0.6) is 0 Å². The molecule has 0 aromatic carbocycles. The molecule has 0 spiro atoms. The van der Waals surface area contributed by atoms with E-state index < -0.39 is 3.79 Å². The second-order valence-electron chi connectivity index (χ2n) is 6.80. The van der Waals surface area contributed by atoms with Crippen molar-refractivity contribution >= 4 is 34.8 Å². The van der Waals surface area contributed by atoms with Crippen LogP contribution in [0.3, 0.4) is 0 Å². The molecular weight excluding hydrogens is 266 g/mol. The predicted octanol–water partition coefficient (Wildman–Crippen LogP) is 2.88. The summed E-state index contributed by atoms with van der Waals surface area (Å²) >= 11 is 18.9. The fraction of sp³-hybridized carbons (Fsp3) is 1.00. The van der Waals surface area contributed by atoms with Gasteiger partial charge in [-0.1, -0.05) is 34.8 Å². The van der Waals surface area contributed by atoms with E-state index in [1.807, 2.05) is 0 Å². The Labute approximate surface area is 109 Å². The summed E-state index contributed by atoms with van der Waals surface area (Å²) in [4.78, 5) is 0. The Hall–Kier alpha value is 0.830. The van der Waals surface area contributed by atoms with Gasteiger partial charge in [-0.15, -0.1) is 0 Å². The summed E-state index contributed by atoms with van der Waals surface area (Å²) in [6.45, 7) is 0. The first kappa shape index (κ1) is 8.85. The summed E-state index contributed by atoms with van der Waals surface area (Å²) in [6.07, 6.45) is 1.88. The first-order valence-electron chi connectivity index (χ1n) is 6.32. The molecule has 0 aromatic rings. The van der Waals surface area contributed by atoms with Crippen LogP contribution in [0.2, 0.25) is 0 Å². The second kappa shape index (κ2) is 1.99. The lowest BCUT2D eigenvalue weighted by Gasteiger charge is -2.47. The van der Waals surface area contributed by atoms with Gasteiger partial charge < -0.3 is 4.74 Å². The largest absolute Gasteiger partial charge is 0.366 e. The molecule has 5 aliphatic carbocycles. The highest BCUT2D eigenvalue weighted by Gasteiger charge is 2.95. The van der Waals surface area contributed by atoms with Gasteiger partial charge in [0.15, 0.2) is 0 Å². The molecule has 10 atom stereocenters. The Kier molecular flexibility index (Phi) is 1.10. The molecule has 7 fully saturated rings. The predicted molar refractivity (Wildman–Crippen MR) is 60.4 cm³/mol. The van der Waals surface area contributed by atoms with Crippen LogP contribution in [0.1, 0.15) is 6.42 Å². The summed E-state index contributed by atoms with van der Waals surface area (Å²) in [7, 11) is 0. The highest BCUT2D eigenvalue weighted by molar-refractivity contribution is 6.68. The maximum Gasteiger partial charge on any atom is 0.219 e. The van der Waals surface area contributed by atoms with Crippen molar-refractivity contribution in [2.45, 2.75) is 21.9 Å². The van der Waals surface area contributed by atoms with Gasteiger partial charge in [0.05, 0.1) is 6.10 Å². The maximum atomic E-state index is 6.32. The van der Waals surface area contributed by atoms with Crippen LogP contribution >= 0.6 is 34.8 Å². The zero-order chi connectivity index (χ0) is 10.6. The zero-order valence-corrected chi connectivity index (χ0v) is 10.7. The molecule has 7 rings (SSSR count). The lowest BCUT2D eigenvalue weighted by Crippen LogP contribution is -2.54. The van der Waals surface area contributed by atoms with Crippen LogP contribution in [-0.2, 0) is 4.74 Å². The minimum absolute atomic E-state index is 0.380. The van der Waals surface area contributed by atoms with Crippen molar-refractivity contribution in [1.82, 2.24) is 0 Å². The van der Waals surface area contributed by atoms with E-state index in [-0.39, 0.29) is 5.60 Å². The van der Waals surface area contributed by atoms with Crippen molar-refractivity contribution in [1.29, 1.82) is 0 Å². The Morgan fingerprint density at radius 3 is 2.50 bits per heavy atom. The summed E-state index contributed by atoms with van der Waals surface area (Å²) in [5.41, 5.74) is -0.380. The Balaban J connectivity index is 1.71. The molecule has 86 valence electrons. The third-order valence-corrected chi connectivity index (χ3v) is 8.03. The minimum Gasteiger partial charge on any atom is -0.366 e. The molecule has 0 amide bonds. The normalized spacial score (nSPS) is 79.3. The molecule has 0 N–H and O–H groups in total. The van der Waals surface area contributed by atoms with E-state index in [2.05, 4.69) is 0 Å². The molecule has 5 saturated carbocycles. The van der Waals surface area contributed by atoms with Gasteiger partial charge in [-0.3, -0.25) is 0 Å². The fourth-order valence-corrected chi connectivity index (χ4v) is 8.35. The molecule has 16 heavy (non-hydrogen) atoms. The standard InChI is InChI=1S/C12H11Cl3O/c13-12(14,15)11-8-3-1-2-4-5(3)9(11)7(4)10(16-11)6(2)8/h2-10H,1H2/t2-,3-,4-,5-,6+,7+,8+,9-,10+,11+/m0/s1. The Morgan fingerprint density at radius 1 is 0.938 bits per heavy atom. The Bertz CT molecular complexity index is 436. The summed E-state index contributed by atoms with van der Waals surface area (Å²) < 4.78 is 5.12. The highest BCUT2D eigenvalue weighted by Crippen LogP contribution is 2.92. The van der Waals surface area contributed by atoms with E-state index >= 15 is 0 Å². The summed E-state index contributed by atoms with van der Waals surface area (Å²) in [6, 6.07) is 0. The monoisotopic (exact) mass is 276 g/mol. The topological polar surface area (TPSA) is 9.23 Å². The van der Waals surface area contributed by atoms with Crippen molar-refractivity contribution in [3.63, 3.8) is 0 Å². The number of ether oxygens (including phenoxy) is 1. The summed E-state index contributed by atoms with van der Waals surface area (Å²) in [5, 5.41) is 0. The van der Waals surface area contributed by atoms with Crippen molar-refractivity contribution in [2.24, 2.45) is 47.3 Å². The van der Waals surface area contributed by atoms with Gasteiger partial charge in [0.25, 0.3) is 0 Å². The summed E-state index contributed by atoms with van der Waals surface area (Å²) in [5.74, 6) is 6.28. The van der Waals surface area contributed by atoms with Gasteiger partial charge in [-0.05, 0) is 41.9 Å². The van der Waals surface area contributed by atoms with E-state index in [1.165, 1.54) is 6.42 Å². The number of rotatable bonds is 0. The van der Waals surface area contributed by atoms with Gasteiger partial charge in [-0.25, -0.2) is 0 Å². The molecule has 0 unspecified atom stereocenters. The van der Waals surface area contributed by atoms with Gasteiger partial charge in [-0.2, -0.15) is 0 Å². The fourth-order valence-electron chi connectivity index (χ4n) is 7.46. The highest BCUT2D eigenvalue weighted by atomic mass is 35.6. The minimum atomic E-state index is -1.21. The number of hydrogen-bond acceptors (Lipinski definition) is 1. The third kappa shape index (κ3) is 0.507. The first-order valence-corrected chi connectivity index (χ1v) is 7.45. The average Bonchev–Trinajstić information content (AvgIpc) is 2.68. The molecular formula is C12H11Cl3O. The average molecular weight is 278 g/mol. The molecule has 0 radical (unpaired) electrons. The van der Waals surface area contributed by atoms with Crippen LogP contribution in [0, 0.1) is 47.3 Å². The lowest BCUT2D eigenvalue weighted by atomic mass is 9.57. The van der Waals surface area contributed by atoms with Gasteiger partial charge >= 0.3 is 0 Å². The van der Waals surface area contributed by atoms with E-state index in [4.69, 9.17) is 39.5 Å². The number of alkyl halides is 3. The molecule has 7 aliphatic rings. The molecule has 2 saturated heterocycles. The molecule has 1 nitrogen and oxygen atoms in total. The van der Waals surface area contributed by atoms with Crippen molar-refractivity contribution < 1.29 is 4.74 Å². The van der Waals surface area contributed by atoms with Crippen molar-refractivity contribution in [2.75, 3.05) is 0 Å². The number of hydrogen-bond donors (Lipinski definition) is 0. The van der Waals surface area contributed by atoms with E-state index in [9.17, 15) is 0 Å². The third-order valence-electron chi connectivity index (χ3n) is 7.14. The molecule has 2 heterocycles. The second-order valence-corrected chi connectivity index (χ2v) is 9.08. The molecule has 0 aromatic heterocycles. The van der Waals surface area contributed by atoms with Crippen LogP contribution in [0.15, 0.2) is 0 Å². The van der Waals surface area contributed by atoms with Crippen molar-refractivity contribution in [3.8, 4) is 0 Å². The molecule has 2 aliphatic heterocycles. The first-order chi connectivity index (χ1) is 7.57. The Morgan fingerprint density at radius 2 is 1.75 bits per heavy atom. The van der Waals surface area contributed by atoms with Gasteiger partial charge in [0, 0.05) is 11.8 Å². The van der Waals surface area contributed by atoms with Crippen molar-refractivity contribution in [3.05, 3.63) is 0 Å². The van der Waals surface area contributed by atoms with Crippen LogP contribution < -0.4 is 0 Å². The smallest absolute Gasteiger partial charge is 0.219 e. The SMILES string of the molecule is ClC(Cl)(Cl)[C@]12O[C@H]3[C@@H]4[C@H]5[C@@H]6C[C@@H]([C@@H]5[C@@H]41)[C@@H]2[C@@H]63. The molecule has 4 bridgehead atoms. The quantitative estimate of drug-likeness (QED) is 0.619. The van der Waals surface area contributed by atoms with Crippen LogP contribution in [-0.4, -0.2) is 15.5 Å². The maximum absolute atomic E-state index is 6.32. The lowest BCUT2D eigenvalue weighted by molar-refractivity contribution is -0.0275. The van der Waals surface area contributed by atoms with Crippen LogP contribution in [0.4, 0.5) is 0 Å². The van der Waals surface area contributed by atoms with Gasteiger partial charge in [0.2, 0.25) is 3.79 Å². The number of halogens is 3. The van der Waals surface area contributed by atoms with E-state index in [0.717, 1.165) is 35.5 Å². The van der Waals surface area contributed by atoms with Gasteiger partial charge in [0.1, 0.15) is 5.60 Å². The zero-order valence-electron chi connectivity index (χ0n) is 8.45. The van der Waals surface area contributed by atoms with E-state index in [1.54, 1.807) is 0 Å². The van der Waals surface area contributed by atoms with Crippen LogP contribution in [0.25, 0.3) is 0 Å². The van der Waals surface area contributed by atoms with E-state index in [0.29, 0.717) is 17.9 Å².